The van der Waals surface area contributed by atoms with Gasteiger partial charge in [-0.05, 0) is 50.3 Å². The number of hydrogen-bond donors (Lipinski definition) is 0. The first kappa shape index (κ1) is 20.7. The van der Waals surface area contributed by atoms with Gasteiger partial charge in [-0.25, -0.2) is 4.79 Å². The molecule has 0 amide bonds. The molecule has 6 heteroatoms. The van der Waals surface area contributed by atoms with Crippen LogP contribution >= 0.6 is 0 Å². The van der Waals surface area contributed by atoms with Crippen molar-refractivity contribution in [2.75, 3.05) is 20.8 Å². The smallest absolute Gasteiger partial charge is 0.337 e. The molecule has 1 aliphatic heterocycles. The quantitative estimate of drug-likeness (QED) is 0.625. The highest BCUT2D eigenvalue weighted by Gasteiger charge is 2.45. The fourth-order valence-electron chi connectivity index (χ4n) is 2.99. The van der Waals surface area contributed by atoms with Gasteiger partial charge in [0.25, 0.3) is 0 Å². The van der Waals surface area contributed by atoms with Crippen molar-refractivity contribution in [3.05, 3.63) is 29.8 Å². The minimum absolute atomic E-state index is 0.290. The maximum Gasteiger partial charge on any atom is 0.337 e. The number of rotatable bonds is 9. The molecule has 0 aromatic heterocycles. The second-order valence-corrected chi connectivity index (χ2v) is 7.16. The van der Waals surface area contributed by atoms with Crippen LogP contribution in [0.4, 0.5) is 0 Å². The van der Waals surface area contributed by atoms with Crippen molar-refractivity contribution in [1.82, 2.24) is 0 Å². The molecule has 146 valence electrons. The van der Waals surface area contributed by atoms with Crippen LogP contribution in [0, 0.1) is 5.92 Å². The Balaban J connectivity index is 1.73. The van der Waals surface area contributed by atoms with Crippen LogP contribution in [0.2, 0.25) is 0 Å². The van der Waals surface area contributed by atoms with E-state index in [-0.39, 0.29) is 12.1 Å². The predicted molar refractivity (Wildman–Crippen MR) is 96.9 cm³/mol. The Morgan fingerprint density at radius 2 is 1.88 bits per heavy atom. The van der Waals surface area contributed by atoms with Crippen LogP contribution in [-0.2, 0) is 30.3 Å². The molecule has 0 unspecified atom stereocenters. The highest BCUT2D eigenvalue weighted by atomic mass is 16.8. The molecule has 1 aromatic carbocycles. The van der Waals surface area contributed by atoms with Gasteiger partial charge in [-0.3, -0.25) is 0 Å². The third-order valence-corrected chi connectivity index (χ3v) is 4.39. The molecule has 0 N–H and O–H groups in total. The van der Waals surface area contributed by atoms with E-state index >= 15 is 0 Å². The van der Waals surface area contributed by atoms with Gasteiger partial charge in [-0.2, -0.15) is 0 Å². The lowest BCUT2D eigenvalue weighted by Crippen LogP contribution is -2.33. The van der Waals surface area contributed by atoms with E-state index in [2.05, 4.69) is 6.92 Å². The van der Waals surface area contributed by atoms with E-state index in [0.29, 0.717) is 19.1 Å². The summed E-state index contributed by atoms with van der Waals surface area (Å²) in [6.45, 7) is 6.96. The van der Waals surface area contributed by atoms with Gasteiger partial charge in [0.15, 0.2) is 11.9 Å². The van der Waals surface area contributed by atoms with Crippen molar-refractivity contribution in [2.24, 2.45) is 5.92 Å². The molecule has 1 heterocycles. The lowest BCUT2D eigenvalue weighted by Gasteiger charge is -2.18. The summed E-state index contributed by atoms with van der Waals surface area (Å²) < 4.78 is 27.3. The number of ether oxygens (including phenoxy) is 5. The van der Waals surface area contributed by atoms with Crippen LogP contribution < -0.4 is 4.74 Å². The second kappa shape index (κ2) is 9.35. The third kappa shape index (κ3) is 5.97. The summed E-state index contributed by atoms with van der Waals surface area (Å²) in [5.74, 6) is 0.0317. The molecule has 26 heavy (non-hydrogen) atoms. The number of benzene rings is 1. The SMILES string of the molecule is COC(=O)[C@@H]1OC(C)(C)O[C@H]1CC[C@H](C)COCc1ccc(OC)cc1. The molecule has 1 saturated heterocycles. The zero-order chi connectivity index (χ0) is 19.2. The van der Waals surface area contributed by atoms with E-state index in [0.717, 1.165) is 24.2 Å². The number of carbonyl (C=O) groups is 1. The molecule has 0 radical (unpaired) electrons. The highest BCUT2D eigenvalue weighted by molar-refractivity contribution is 5.75. The van der Waals surface area contributed by atoms with E-state index in [9.17, 15) is 4.79 Å². The molecular formula is C20H30O6. The van der Waals surface area contributed by atoms with Gasteiger partial charge in [0.1, 0.15) is 5.75 Å². The molecule has 1 fully saturated rings. The molecule has 1 aliphatic rings. The van der Waals surface area contributed by atoms with Gasteiger partial charge in [-0.1, -0.05) is 19.1 Å². The monoisotopic (exact) mass is 366 g/mol. The van der Waals surface area contributed by atoms with Crippen LogP contribution in [0.15, 0.2) is 24.3 Å². The van der Waals surface area contributed by atoms with Gasteiger partial charge in [0.2, 0.25) is 0 Å². The third-order valence-electron chi connectivity index (χ3n) is 4.39. The Bertz CT molecular complexity index is 568. The van der Waals surface area contributed by atoms with Crippen molar-refractivity contribution in [1.29, 1.82) is 0 Å². The minimum Gasteiger partial charge on any atom is -0.497 e. The van der Waals surface area contributed by atoms with Crippen LogP contribution in [-0.4, -0.2) is 44.8 Å². The second-order valence-electron chi connectivity index (χ2n) is 7.16. The van der Waals surface area contributed by atoms with E-state index in [4.69, 9.17) is 23.7 Å². The first-order chi connectivity index (χ1) is 12.3. The zero-order valence-electron chi connectivity index (χ0n) is 16.3. The van der Waals surface area contributed by atoms with Crippen molar-refractivity contribution in [2.45, 2.75) is 58.2 Å². The molecule has 1 aromatic rings. The average molecular weight is 366 g/mol. The van der Waals surface area contributed by atoms with E-state index in [1.165, 1.54) is 7.11 Å². The van der Waals surface area contributed by atoms with Crippen molar-refractivity contribution < 1.29 is 28.5 Å². The van der Waals surface area contributed by atoms with Crippen molar-refractivity contribution in [3.8, 4) is 5.75 Å². The van der Waals surface area contributed by atoms with Crippen molar-refractivity contribution in [3.63, 3.8) is 0 Å². The molecule has 0 bridgehead atoms. The average Bonchev–Trinajstić information content (AvgIpc) is 2.94. The van der Waals surface area contributed by atoms with Crippen LogP contribution in [0.3, 0.4) is 0 Å². The number of carbonyl (C=O) groups excluding carboxylic acids is 1. The molecule has 0 spiro atoms. The van der Waals surface area contributed by atoms with E-state index in [1.54, 1.807) is 7.11 Å². The van der Waals surface area contributed by atoms with Gasteiger partial charge in [0, 0.05) is 6.61 Å². The summed E-state index contributed by atoms with van der Waals surface area (Å²) in [4.78, 5) is 11.9. The van der Waals surface area contributed by atoms with E-state index in [1.807, 2.05) is 38.1 Å². The van der Waals surface area contributed by atoms with Crippen LogP contribution in [0.1, 0.15) is 39.2 Å². The molecule has 0 saturated carbocycles. The Hall–Kier alpha value is -1.63. The van der Waals surface area contributed by atoms with Gasteiger partial charge in [0.05, 0.1) is 26.9 Å². The topological polar surface area (TPSA) is 63.2 Å². The normalized spacial score (nSPS) is 22.8. The number of esters is 1. The zero-order valence-corrected chi connectivity index (χ0v) is 16.3. The highest BCUT2D eigenvalue weighted by Crippen LogP contribution is 2.32. The maximum atomic E-state index is 11.9. The summed E-state index contributed by atoms with van der Waals surface area (Å²) >= 11 is 0. The molecule has 2 rings (SSSR count). The summed E-state index contributed by atoms with van der Waals surface area (Å²) in [7, 11) is 3.02. The first-order valence-electron chi connectivity index (χ1n) is 8.98. The fourth-order valence-corrected chi connectivity index (χ4v) is 2.99. The number of methoxy groups -OCH3 is 2. The predicted octanol–water partition coefficient (Wildman–Crippen LogP) is 3.32. The molecule has 6 nitrogen and oxygen atoms in total. The summed E-state index contributed by atoms with van der Waals surface area (Å²) in [6, 6.07) is 7.84. The summed E-state index contributed by atoms with van der Waals surface area (Å²) in [5.41, 5.74) is 1.11. The Morgan fingerprint density at radius 1 is 1.19 bits per heavy atom. The van der Waals surface area contributed by atoms with Crippen molar-refractivity contribution >= 4 is 5.97 Å². The van der Waals surface area contributed by atoms with E-state index < -0.39 is 11.9 Å². The molecular weight excluding hydrogens is 336 g/mol. The Labute approximate surface area is 155 Å². The maximum absolute atomic E-state index is 11.9. The summed E-state index contributed by atoms with van der Waals surface area (Å²) in [5, 5.41) is 0. The first-order valence-corrected chi connectivity index (χ1v) is 8.98. The largest absolute Gasteiger partial charge is 0.497 e. The lowest BCUT2D eigenvalue weighted by atomic mass is 10.0. The van der Waals surface area contributed by atoms with Crippen LogP contribution in [0.25, 0.3) is 0 Å². The minimum atomic E-state index is -0.766. The fraction of sp³-hybridized carbons (Fsp3) is 0.650. The summed E-state index contributed by atoms with van der Waals surface area (Å²) in [6.07, 6.45) is 0.639. The lowest BCUT2D eigenvalue weighted by molar-refractivity contribution is -0.168. The number of hydrogen-bond acceptors (Lipinski definition) is 6. The van der Waals surface area contributed by atoms with Crippen LogP contribution in [0.5, 0.6) is 5.75 Å². The standard InChI is InChI=1S/C20H30O6/c1-14(12-24-13-15-7-9-16(22-4)10-8-15)6-11-17-18(19(21)23-5)26-20(2,3)25-17/h7-10,14,17-18H,6,11-13H2,1-5H3/t14-,17-,18+/m0/s1. The molecule has 0 aliphatic carbocycles. The molecule has 3 atom stereocenters. The van der Waals surface area contributed by atoms with Gasteiger partial charge >= 0.3 is 5.97 Å². The van der Waals surface area contributed by atoms with Gasteiger partial charge in [-0.15, -0.1) is 0 Å². The van der Waals surface area contributed by atoms with Gasteiger partial charge < -0.3 is 23.7 Å². The Morgan fingerprint density at radius 3 is 2.50 bits per heavy atom. The Kier molecular flexibility index (Phi) is 7.43.